The van der Waals surface area contributed by atoms with Gasteiger partial charge in [0.05, 0.1) is 11.0 Å². The molecular weight excluding hydrogens is 282 g/mol. The van der Waals surface area contributed by atoms with Crippen LogP contribution < -0.4 is 12.4 Å². The molecule has 0 saturated carbocycles. The highest BCUT2D eigenvalue weighted by atomic mass is 35.5. The van der Waals surface area contributed by atoms with E-state index in [1.54, 1.807) is 22.8 Å². The van der Waals surface area contributed by atoms with E-state index in [0.29, 0.717) is 5.69 Å². The summed E-state index contributed by atoms with van der Waals surface area (Å²) in [6, 6.07) is 4.86. The summed E-state index contributed by atoms with van der Waals surface area (Å²) in [5.41, 5.74) is 2.41. The van der Waals surface area contributed by atoms with Crippen molar-refractivity contribution in [2.45, 2.75) is 26.2 Å². The van der Waals surface area contributed by atoms with Crippen molar-refractivity contribution in [1.29, 1.82) is 0 Å². The molecule has 0 radical (unpaired) electrons. The van der Waals surface area contributed by atoms with Crippen LogP contribution in [0.2, 0.25) is 0 Å². The first-order valence-corrected chi connectivity index (χ1v) is 5.96. The van der Waals surface area contributed by atoms with Crippen molar-refractivity contribution in [3.8, 4) is 0 Å². The largest absolute Gasteiger partial charge is 1.00 e. The van der Waals surface area contributed by atoms with Crippen molar-refractivity contribution < 1.29 is 36.8 Å². The van der Waals surface area contributed by atoms with E-state index in [1.807, 2.05) is 20.8 Å². The smallest absolute Gasteiger partial charge is 0.370 e. The molecule has 1 aliphatic heterocycles. The Morgan fingerprint density at radius 3 is 2.35 bits per heavy atom. The fourth-order valence-corrected chi connectivity index (χ4v) is 2.47. The number of halogens is 1. The molecule has 0 bridgehead atoms. The highest BCUT2D eigenvalue weighted by Gasteiger charge is 2.43. The van der Waals surface area contributed by atoms with E-state index in [0.717, 1.165) is 11.3 Å². The summed E-state index contributed by atoms with van der Waals surface area (Å²) in [4.78, 5) is 22.0. The number of carboxylic acids is 2. The molecule has 0 atom stereocenters. The zero-order valence-electron chi connectivity index (χ0n) is 11.5. The molecule has 0 spiro atoms. The van der Waals surface area contributed by atoms with Gasteiger partial charge in [0.1, 0.15) is 0 Å². The molecule has 1 aromatic carbocycles. The first-order chi connectivity index (χ1) is 8.75. The van der Waals surface area contributed by atoms with Crippen molar-refractivity contribution in [3.05, 3.63) is 29.3 Å². The Bertz CT molecular complexity index is 620. The van der Waals surface area contributed by atoms with Crippen LogP contribution in [0.25, 0.3) is 0 Å². The summed E-state index contributed by atoms with van der Waals surface area (Å²) in [5.74, 6) is -1.95. The van der Waals surface area contributed by atoms with Gasteiger partial charge in [-0.1, -0.05) is 6.07 Å². The van der Waals surface area contributed by atoms with E-state index in [-0.39, 0.29) is 29.9 Å². The summed E-state index contributed by atoms with van der Waals surface area (Å²) in [6.45, 7) is 5.72. The molecule has 5 nitrogen and oxygen atoms in total. The maximum Gasteiger partial charge on any atom is 0.370 e. The summed E-state index contributed by atoms with van der Waals surface area (Å²) in [7, 11) is 0. The SMILES string of the molecule is CC1=[N+](CC(=O)O)c2cc(C(=O)O)ccc2C1(C)C.[Cl-]. The minimum absolute atomic E-state index is 0. The lowest BCUT2D eigenvalue weighted by molar-refractivity contribution is -0.429. The molecule has 0 aliphatic carbocycles. The van der Waals surface area contributed by atoms with Crippen molar-refractivity contribution in [3.63, 3.8) is 0 Å². The number of fused-ring (bicyclic) bond motifs is 1. The quantitative estimate of drug-likeness (QED) is 0.692. The van der Waals surface area contributed by atoms with Gasteiger partial charge in [-0.15, -0.1) is 0 Å². The lowest BCUT2D eigenvalue weighted by Gasteiger charge is -2.14. The molecule has 2 rings (SSSR count). The van der Waals surface area contributed by atoms with Crippen LogP contribution in [0.3, 0.4) is 0 Å². The number of rotatable bonds is 3. The summed E-state index contributed by atoms with van der Waals surface area (Å²) in [6.07, 6.45) is 0. The Morgan fingerprint density at radius 2 is 1.85 bits per heavy atom. The van der Waals surface area contributed by atoms with Gasteiger partial charge in [-0.05, 0) is 19.9 Å². The number of carboxylic acid groups (broad SMARTS) is 2. The molecule has 108 valence electrons. The standard InChI is InChI=1S/C14H15NO4.ClH/c1-8-14(2,3)10-5-4-9(13(18)19)6-11(10)15(8)7-12(16)17;/h4-6H,7H2,1-3H3,(H-,16,17,18,19);1H. The Hall–Kier alpha value is -1.88. The topological polar surface area (TPSA) is 77.6 Å². The van der Waals surface area contributed by atoms with Gasteiger partial charge in [0.15, 0.2) is 5.71 Å². The van der Waals surface area contributed by atoms with E-state index in [9.17, 15) is 9.59 Å². The predicted octanol–water partition coefficient (Wildman–Crippen LogP) is -1.13. The fourth-order valence-electron chi connectivity index (χ4n) is 2.47. The number of carbonyl (C=O) groups is 2. The van der Waals surface area contributed by atoms with Crippen molar-refractivity contribution >= 4 is 23.3 Å². The number of hydrogen-bond acceptors (Lipinski definition) is 2. The molecule has 0 aromatic heterocycles. The van der Waals surface area contributed by atoms with Gasteiger partial charge >= 0.3 is 11.9 Å². The second-order valence-electron chi connectivity index (χ2n) is 5.23. The Kier molecular flexibility index (Phi) is 4.24. The minimum atomic E-state index is -1.01. The van der Waals surface area contributed by atoms with Crippen LogP contribution in [-0.4, -0.2) is 39.0 Å². The van der Waals surface area contributed by atoms with Crippen molar-refractivity contribution in [1.82, 2.24) is 0 Å². The van der Waals surface area contributed by atoms with E-state index >= 15 is 0 Å². The van der Waals surface area contributed by atoms with Crippen LogP contribution in [0.15, 0.2) is 18.2 Å². The lowest BCUT2D eigenvalue weighted by atomic mass is 9.82. The zero-order chi connectivity index (χ0) is 14.4. The molecule has 1 heterocycles. The average molecular weight is 298 g/mol. The molecule has 0 amide bonds. The molecule has 0 saturated heterocycles. The maximum atomic E-state index is 11.0. The van der Waals surface area contributed by atoms with Gasteiger partial charge in [0.2, 0.25) is 12.2 Å². The first kappa shape index (κ1) is 16.2. The van der Waals surface area contributed by atoms with E-state index in [2.05, 4.69) is 0 Å². The first-order valence-electron chi connectivity index (χ1n) is 5.96. The van der Waals surface area contributed by atoms with E-state index < -0.39 is 11.9 Å². The third-order valence-corrected chi connectivity index (χ3v) is 3.81. The molecule has 0 unspecified atom stereocenters. The molecular formula is C14H16ClNO4. The number of aromatic carboxylic acids is 1. The fraction of sp³-hybridized carbons (Fsp3) is 0.357. The van der Waals surface area contributed by atoms with Gasteiger partial charge in [-0.3, -0.25) is 0 Å². The van der Waals surface area contributed by atoms with Crippen LogP contribution in [0.5, 0.6) is 0 Å². The van der Waals surface area contributed by atoms with Crippen LogP contribution in [0.4, 0.5) is 5.69 Å². The van der Waals surface area contributed by atoms with Gasteiger partial charge in [0, 0.05) is 18.6 Å². The number of hydrogen-bond donors (Lipinski definition) is 2. The van der Waals surface area contributed by atoms with Gasteiger partial charge in [0.25, 0.3) is 0 Å². The second kappa shape index (κ2) is 5.25. The highest BCUT2D eigenvalue weighted by Crippen LogP contribution is 2.39. The lowest BCUT2D eigenvalue weighted by Crippen LogP contribution is -3.00. The molecule has 2 N–H and O–H groups in total. The molecule has 1 aliphatic rings. The van der Waals surface area contributed by atoms with E-state index in [1.165, 1.54) is 0 Å². The Balaban J connectivity index is 0.00000200. The number of benzene rings is 1. The van der Waals surface area contributed by atoms with Crippen LogP contribution in [-0.2, 0) is 10.2 Å². The normalized spacial score (nSPS) is 15.6. The van der Waals surface area contributed by atoms with E-state index in [4.69, 9.17) is 10.2 Å². The van der Waals surface area contributed by atoms with Crippen molar-refractivity contribution in [2.24, 2.45) is 0 Å². The predicted molar refractivity (Wildman–Crippen MR) is 69.5 cm³/mol. The third-order valence-electron chi connectivity index (χ3n) is 3.81. The van der Waals surface area contributed by atoms with Gasteiger partial charge < -0.3 is 22.6 Å². The maximum absolute atomic E-state index is 11.0. The molecule has 0 fully saturated rings. The molecule has 6 heteroatoms. The highest BCUT2D eigenvalue weighted by molar-refractivity contribution is 5.96. The van der Waals surface area contributed by atoms with Crippen LogP contribution in [0, 0.1) is 0 Å². The molecule has 1 aromatic rings. The summed E-state index contributed by atoms with van der Waals surface area (Å²) >= 11 is 0. The summed E-state index contributed by atoms with van der Waals surface area (Å²) < 4.78 is 1.67. The van der Waals surface area contributed by atoms with Crippen LogP contribution >= 0.6 is 0 Å². The Labute approximate surface area is 123 Å². The number of aliphatic carboxylic acids is 1. The minimum Gasteiger partial charge on any atom is -1.00 e. The molecule has 20 heavy (non-hydrogen) atoms. The second-order valence-corrected chi connectivity index (χ2v) is 5.23. The Morgan fingerprint density at radius 1 is 1.25 bits per heavy atom. The third kappa shape index (κ3) is 2.41. The zero-order valence-corrected chi connectivity index (χ0v) is 12.2. The monoisotopic (exact) mass is 297 g/mol. The number of nitrogens with zero attached hydrogens (tertiary/aromatic N) is 1. The van der Waals surface area contributed by atoms with Crippen LogP contribution in [0.1, 0.15) is 36.7 Å². The van der Waals surface area contributed by atoms with Gasteiger partial charge in [-0.25, -0.2) is 9.59 Å². The van der Waals surface area contributed by atoms with Crippen molar-refractivity contribution in [2.75, 3.05) is 6.54 Å². The van der Waals surface area contributed by atoms with Gasteiger partial charge in [-0.2, -0.15) is 4.58 Å². The average Bonchev–Trinajstić information content (AvgIpc) is 2.50. The summed E-state index contributed by atoms with van der Waals surface area (Å²) in [5, 5.41) is 18.0.